The Morgan fingerprint density at radius 2 is 2.20 bits per heavy atom. The molecule has 0 aromatic heterocycles. The largest absolute Gasteiger partial charge is 0.353 e. The molecule has 1 atom stereocenters. The molecule has 0 aromatic carbocycles. The maximum atomic E-state index is 11.8. The van der Waals surface area contributed by atoms with Gasteiger partial charge in [0.2, 0.25) is 5.91 Å². The number of hydrogen-bond donors (Lipinski definition) is 2. The highest BCUT2D eigenvalue weighted by atomic mass is 19.3. The SMILES string of the molecule is O=C1NCCNC1C(F)F. The Morgan fingerprint density at radius 3 is 2.60 bits per heavy atom. The molecular weight excluding hydrogens is 142 g/mol. The number of nitrogens with one attached hydrogen (secondary N) is 2. The van der Waals surface area contributed by atoms with E-state index in [0.29, 0.717) is 13.1 Å². The fraction of sp³-hybridized carbons (Fsp3) is 0.800. The summed E-state index contributed by atoms with van der Waals surface area (Å²) in [6.07, 6.45) is -2.61. The van der Waals surface area contributed by atoms with Crippen LogP contribution in [0.25, 0.3) is 0 Å². The van der Waals surface area contributed by atoms with Gasteiger partial charge in [-0.15, -0.1) is 0 Å². The van der Waals surface area contributed by atoms with Crippen LogP contribution in [0.4, 0.5) is 8.78 Å². The topological polar surface area (TPSA) is 41.1 Å². The van der Waals surface area contributed by atoms with Gasteiger partial charge in [-0.05, 0) is 0 Å². The minimum atomic E-state index is -2.61. The van der Waals surface area contributed by atoms with E-state index in [9.17, 15) is 13.6 Å². The number of rotatable bonds is 1. The molecule has 1 aliphatic heterocycles. The van der Waals surface area contributed by atoms with Crippen LogP contribution in [0.5, 0.6) is 0 Å². The van der Waals surface area contributed by atoms with Crippen molar-refractivity contribution in [3.05, 3.63) is 0 Å². The van der Waals surface area contributed by atoms with Gasteiger partial charge in [0.05, 0.1) is 0 Å². The van der Waals surface area contributed by atoms with Gasteiger partial charge in [0.1, 0.15) is 6.04 Å². The van der Waals surface area contributed by atoms with Crippen molar-refractivity contribution in [2.24, 2.45) is 0 Å². The molecule has 0 aromatic rings. The normalized spacial score (nSPS) is 26.7. The number of piperazine rings is 1. The van der Waals surface area contributed by atoms with Gasteiger partial charge in [-0.25, -0.2) is 8.78 Å². The summed E-state index contributed by atoms with van der Waals surface area (Å²) in [6, 6.07) is -1.31. The van der Waals surface area contributed by atoms with E-state index < -0.39 is 18.4 Å². The molecular formula is C5H8F2N2O. The molecule has 10 heavy (non-hydrogen) atoms. The summed E-state index contributed by atoms with van der Waals surface area (Å²) in [6.45, 7) is 0.850. The van der Waals surface area contributed by atoms with Gasteiger partial charge >= 0.3 is 0 Å². The molecule has 1 heterocycles. The van der Waals surface area contributed by atoms with Crippen molar-refractivity contribution >= 4 is 5.91 Å². The third kappa shape index (κ3) is 1.41. The lowest BCUT2D eigenvalue weighted by Gasteiger charge is -2.22. The van der Waals surface area contributed by atoms with Crippen LogP contribution in [0, 0.1) is 0 Å². The average molecular weight is 150 g/mol. The Labute approximate surface area is 56.8 Å². The second kappa shape index (κ2) is 2.92. The molecule has 58 valence electrons. The molecule has 1 fully saturated rings. The summed E-state index contributed by atoms with van der Waals surface area (Å²) in [4.78, 5) is 10.6. The Hall–Kier alpha value is -0.710. The molecule has 0 aliphatic carbocycles. The lowest BCUT2D eigenvalue weighted by Crippen LogP contribution is -2.56. The summed E-state index contributed by atoms with van der Waals surface area (Å²) in [5, 5.41) is 4.74. The van der Waals surface area contributed by atoms with Crippen molar-refractivity contribution in [1.29, 1.82) is 0 Å². The molecule has 5 heteroatoms. The quantitative estimate of drug-likeness (QED) is 0.521. The maximum absolute atomic E-state index is 11.8. The van der Waals surface area contributed by atoms with Crippen LogP contribution in [0.3, 0.4) is 0 Å². The fourth-order valence-electron chi connectivity index (χ4n) is 0.820. The lowest BCUT2D eigenvalue weighted by atomic mass is 10.2. The van der Waals surface area contributed by atoms with Crippen molar-refractivity contribution in [3.8, 4) is 0 Å². The maximum Gasteiger partial charge on any atom is 0.262 e. The van der Waals surface area contributed by atoms with Crippen LogP contribution in [0.15, 0.2) is 0 Å². The minimum absolute atomic E-state index is 0.417. The summed E-state index contributed by atoms with van der Waals surface area (Å²) in [5.74, 6) is -0.610. The van der Waals surface area contributed by atoms with E-state index in [1.807, 2.05) is 0 Å². The average Bonchev–Trinajstić information content (AvgIpc) is 1.88. The molecule has 1 saturated heterocycles. The van der Waals surface area contributed by atoms with Gasteiger partial charge < -0.3 is 5.32 Å². The van der Waals surface area contributed by atoms with Crippen LogP contribution < -0.4 is 10.6 Å². The molecule has 1 unspecified atom stereocenters. The third-order valence-corrected chi connectivity index (χ3v) is 1.32. The third-order valence-electron chi connectivity index (χ3n) is 1.32. The molecule has 3 nitrogen and oxygen atoms in total. The van der Waals surface area contributed by atoms with E-state index in [4.69, 9.17) is 0 Å². The molecule has 0 spiro atoms. The summed E-state index contributed by atoms with van der Waals surface area (Å²) < 4.78 is 23.7. The van der Waals surface area contributed by atoms with Crippen LogP contribution in [-0.4, -0.2) is 31.5 Å². The van der Waals surface area contributed by atoms with Crippen LogP contribution in [0.1, 0.15) is 0 Å². The zero-order valence-corrected chi connectivity index (χ0v) is 5.23. The summed E-state index contributed by atoms with van der Waals surface area (Å²) in [5.41, 5.74) is 0. The highest BCUT2D eigenvalue weighted by molar-refractivity contribution is 5.82. The van der Waals surface area contributed by atoms with Gasteiger partial charge in [0.25, 0.3) is 6.43 Å². The fourth-order valence-corrected chi connectivity index (χ4v) is 0.820. The van der Waals surface area contributed by atoms with E-state index >= 15 is 0 Å². The molecule has 0 radical (unpaired) electrons. The predicted molar refractivity (Wildman–Crippen MR) is 30.8 cm³/mol. The van der Waals surface area contributed by atoms with Gasteiger partial charge in [0.15, 0.2) is 0 Å². The second-order valence-electron chi connectivity index (χ2n) is 2.06. The number of hydrogen-bond acceptors (Lipinski definition) is 2. The van der Waals surface area contributed by atoms with Crippen molar-refractivity contribution in [2.75, 3.05) is 13.1 Å². The van der Waals surface area contributed by atoms with Crippen molar-refractivity contribution in [2.45, 2.75) is 12.5 Å². The molecule has 0 saturated carbocycles. The monoisotopic (exact) mass is 150 g/mol. The first-order valence-electron chi connectivity index (χ1n) is 3.01. The van der Waals surface area contributed by atoms with Gasteiger partial charge in [0, 0.05) is 13.1 Å². The summed E-state index contributed by atoms with van der Waals surface area (Å²) >= 11 is 0. The Kier molecular flexibility index (Phi) is 2.16. The highest BCUT2D eigenvalue weighted by Gasteiger charge is 2.29. The van der Waals surface area contributed by atoms with Gasteiger partial charge in [-0.1, -0.05) is 0 Å². The molecule has 1 aliphatic rings. The van der Waals surface area contributed by atoms with Gasteiger partial charge in [-0.3, -0.25) is 10.1 Å². The van der Waals surface area contributed by atoms with E-state index in [-0.39, 0.29) is 0 Å². The first-order chi connectivity index (χ1) is 4.72. The zero-order valence-electron chi connectivity index (χ0n) is 5.23. The van der Waals surface area contributed by atoms with Crippen molar-refractivity contribution in [3.63, 3.8) is 0 Å². The van der Waals surface area contributed by atoms with E-state index in [1.54, 1.807) is 0 Å². The molecule has 2 N–H and O–H groups in total. The molecule has 1 amide bonds. The number of carbonyl (C=O) groups is 1. The molecule has 0 bridgehead atoms. The number of amides is 1. The van der Waals surface area contributed by atoms with Crippen LogP contribution in [-0.2, 0) is 4.79 Å². The number of halogens is 2. The number of carbonyl (C=O) groups excluding carboxylic acids is 1. The first-order valence-corrected chi connectivity index (χ1v) is 3.01. The Balaban J connectivity index is 2.48. The number of alkyl halides is 2. The first kappa shape index (κ1) is 7.40. The van der Waals surface area contributed by atoms with Crippen molar-refractivity contribution in [1.82, 2.24) is 10.6 Å². The molecule has 1 rings (SSSR count). The minimum Gasteiger partial charge on any atom is -0.353 e. The standard InChI is InChI=1S/C5H8F2N2O/c6-4(7)3-5(10)9-2-1-8-3/h3-4,8H,1-2H2,(H,9,10). The van der Waals surface area contributed by atoms with Crippen LogP contribution >= 0.6 is 0 Å². The lowest BCUT2D eigenvalue weighted by molar-refractivity contribution is -0.128. The van der Waals surface area contributed by atoms with Crippen LogP contribution in [0.2, 0.25) is 0 Å². The Bertz CT molecular complexity index is 140. The summed E-state index contributed by atoms with van der Waals surface area (Å²) in [7, 11) is 0. The highest BCUT2D eigenvalue weighted by Crippen LogP contribution is 2.02. The second-order valence-corrected chi connectivity index (χ2v) is 2.06. The zero-order chi connectivity index (χ0) is 7.56. The van der Waals surface area contributed by atoms with Gasteiger partial charge in [-0.2, -0.15) is 0 Å². The van der Waals surface area contributed by atoms with E-state index in [0.717, 1.165) is 0 Å². The van der Waals surface area contributed by atoms with E-state index in [2.05, 4.69) is 10.6 Å². The Morgan fingerprint density at radius 1 is 1.50 bits per heavy atom. The predicted octanol–water partition coefficient (Wildman–Crippen LogP) is -0.661. The smallest absolute Gasteiger partial charge is 0.262 e. The van der Waals surface area contributed by atoms with E-state index in [1.165, 1.54) is 0 Å². The van der Waals surface area contributed by atoms with Crippen molar-refractivity contribution < 1.29 is 13.6 Å².